The molecule has 0 fully saturated rings. The normalized spacial score (nSPS) is 14.9. The van der Waals surface area contributed by atoms with E-state index < -0.39 is 0 Å². The Labute approximate surface area is 97.4 Å². The second-order valence-corrected chi connectivity index (χ2v) is 5.43. The van der Waals surface area contributed by atoms with Gasteiger partial charge in [-0.2, -0.15) is 0 Å². The van der Waals surface area contributed by atoms with Crippen LogP contribution in [0.25, 0.3) is 0 Å². The van der Waals surface area contributed by atoms with Gasteiger partial charge in [0.1, 0.15) is 0 Å². The molecule has 15 heavy (non-hydrogen) atoms. The van der Waals surface area contributed by atoms with Crippen LogP contribution in [0.4, 0.5) is 0 Å². The van der Waals surface area contributed by atoms with Gasteiger partial charge in [-0.05, 0) is 30.5 Å². The molecule has 1 nitrogen and oxygen atoms in total. The molecule has 2 heteroatoms. The van der Waals surface area contributed by atoms with E-state index in [1.807, 2.05) is 11.8 Å². The average molecular weight is 223 g/mol. The van der Waals surface area contributed by atoms with E-state index in [4.69, 9.17) is 5.73 Å². The van der Waals surface area contributed by atoms with Gasteiger partial charge < -0.3 is 5.73 Å². The first kappa shape index (κ1) is 12.6. The molecule has 1 unspecified atom stereocenters. The fourth-order valence-corrected chi connectivity index (χ4v) is 2.27. The maximum Gasteiger partial charge on any atom is 0.0292 e. The molecule has 0 aliphatic rings. The quantitative estimate of drug-likeness (QED) is 0.764. The highest BCUT2D eigenvalue weighted by Gasteiger charge is 2.04. The Morgan fingerprint density at radius 3 is 2.20 bits per heavy atom. The summed E-state index contributed by atoms with van der Waals surface area (Å²) in [5.74, 6) is 0. The predicted octanol–water partition coefficient (Wildman–Crippen LogP) is 3.99. The van der Waals surface area contributed by atoms with Gasteiger partial charge in [0.2, 0.25) is 0 Å². The summed E-state index contributed by atoms with van der Waals surface area (Å²) in [6.45, 7) is 6.60. The van der Waals surface area contributed by atoms with Gasteiger partial charge >= 0.3 is 0 Å². The first-order chi connectivity index (χ1) is 7.17. The number of hydrogen-bond donors (Lipinski definition) is 1. The first-order valence-electron chi connectivity index (χ1n) is 5.69. The number of nitrogens with two attached hydrogens (primary N) is 1. The Kier molecular flexibility index (Phi) is 5.20. The maximum atomic E-state index is 5.96. The Morgan fingerprint density at radius 2 is 1.73 bits per heavy atom. The van der Waals surface area contributed by atoms with Crippen LogP contribution in [-0.2, 0) is 0 Å². The summed E-state index contributed by atoms with van der Waals surface area (Å²) < 4.78 is 0. The van der Waals surface area contributed by atoms with E-state index in [0.29, 0.717) is 5.25 Å². The summed E-state index contributed by atoms with van der Waals surface area (Å²) in [5, 5.41) is 0.690. The van der Waals surface area contributed by atoms with Gasteiger partial charge in [-0.25, -0.2) is 0 Å². The zero-order valence-corrected chi connectivity index (χ0v) is 10.7. The van der Waals surface area contributed by atoms with E-state index in [-0.39, 0.29) is 6.04 Å². The molecule has 84 valence electrons. The third kappa shape index (κ3) is 3.88. The number of benzene rings is 1. The standard InChI is InChI=1S/C13H21NS/c1-4-10(3)15-12-8-6-11(7-9-12)13(14)5-2/h6-10,13H,4-5,14H2,1-3H3/t10?,13-/m1/s1. The Hall–Kier alpha value is -0.470. The van der Waals surface area contributed by atoms with Crippen molar-refractivity contribution >= 4 is 11.8 Å². The van der Waals surface area contributed by atoms with E-state index in [9.17, 15) is 0 Å². The van der Waals surface area contributed by atoms with Crippen molar-refractivity contribution in [1.29, 1.82) is 0 Å². The zero-order chi connectivity index (χ0) is 11.3. The third-order valence-electron chi connectivity index (χ3n) is 2.66. The lowest BCUT2D eigenvalue weighted by atomic mass is 10.1. The van der Waals surface area contributed by atoms with Crippen molar-refractivity contribution in [2.75, 3.05) is 0 Å². The minimum atomic E-state index is 0.188. The minimum absolute atomic E-state index is 0.188. The molecule has 0 aliphatic carbocycles. The van der Waals surface area contributed by atoms with Crippen molar-refractivity contribution in [3.63, 3.8) is 0 Å². The zero-order valence-electron chi connectivity index (χ0n) is 9.86. The summed E-state index contributed by atoms with van der Waals surface area (Å²) >= 11 is 1.93. The van der Waals surface area contributed by atoms with Crippen LogP contribution < -0.4 is 5.73 Å². The fourth-order valence-electron chi connectivity index (χ4n) is 1.34. The molecule has 0 heterocycles. The lowest BCUT2D eigenvalue weighted by Crippen LogP contribution is -2.08. The molecule has 2 atom stereocenters. The van der Waals surface area contributed by atoms with E-state index in [1.54, 1.807) is 0 Å². The van der Waals surface area contributed by atoms with Gasteiger partial charge in [0, 0.05) is 16.2 Å². The lowest BCUT2D eigenvalue weighted by molar-refractivity contribution is 0.698. The van der Waals surface area contributed by atoms with Crippen molar-refractivity contribution in [1.82, 2.24) is 0 Å². The Bertz CT molecular complexity index is 281. The molecular weight excluding hydrogens is 202 g/mol. The lowest BCUT2D eigenvalue weighted by Gasteiger charge is -2.11. The number of thioether (sulfide) groups is 1. The molecule has 0 radical (unpaired) electrons. The number of hydrogen-bond acceptors (Lipinski definition) is 2. The molecule has 1 aromatic rings. The van der Waals surface area contributed by atoms with Crippen molar-refractivity contribution < 1.29 is 0 Å². The van der Waals surface area contributed by atoms with E-state index in [2.05, 4.69) is 45.0 Å². The van der Waals surface area contributed by atoms with Gasteiger partial charge in [-0.3, -0.25) is 0 Å². The average Bonchev–Trinajstić information content (AvgIpc) is 2.29. The molecule has 0 saturated carbocycles. The molecule has 0 aromatic heterocycles. The van der Waals surface area contributed by atoms with Gasteiger partial charge in [-0.15, -0.1) is 11.8 Å². The molecule has 0 amide bonds. The first-order valence-corrected chi connectivity index (χ1v) is 6.57. The highest BCUT2D eigenvalue weighted by molar-refractivity contribution is 7.99. The molecule has 0 saturated heterocycles. The highest BCUT2D eigenvalue weighted by Crippen LogP contribution is 2.26. The summed E-state index contributed by atoms with van der Waals surface area (Å²) in [5.41, 5.74) is 7.21. The van der Waals surface area contributed by atoms with Gasteiger partial charge in [0.25, 0.3) is 0 Å². The van der Waals surface area contributed by atoms with Crippen LogP contribution in [0.15, 0.2) is 29.2 Å². The minimum Gasteiger partial charge on any atom is -0.324 e. The van der Waals surface area contributed by atoms with Crippen LogP contribution >= 0.6 is 11.8 Å². The Morgan fingerprint density at radius 1 is 1.13 bits per heavy atom. The van der Waals surface area contributed by atoms with Crippen LogP contribution in [0.1, 0.15) is 45.2 Å². The molecule has 0 spiro atoms. The van der Waals surface area contributed by atoms with E-state index in [0.717, 1.165) is 6.42 Å². The summed E-state index contributed by atoms with van der Waals surface area (Å²) in [4.78, 5) is 1.34. The predicted molar refractivity (Wildman–Crippen MR) is 69.3 cm³/mol. The molecular formula is C13H21NS. The van der Waals surface area contributed by atoms with Gasteiger partial charge in [-0.1, -0.05) is 32.9 Å². The largest absolute Gasteiger partial charge is 0.324 e. The third-order valence-corrected chi connectivity index (χ3v) is 3.94. The smallest absolute Gasteiger partial charge is 0.0292 e. The second-order valence-electron chi connectivity index (χ2n) is 3.92. The summed E-state index contributed by atoms with van der Waals surface area (Å²) in [6, 6.07) is 8.86. The van der Waals surface area contributed by atoms with E-state index >= 15 is 0 Å². The van der Waals surface area contributed by atoms with Crippen LogP contribution in [0, 0.1) is 0 Å². The monoisotopic (exact) mass is 223 g/mol. The summed E-state index contributed by atoms with van der Waals surface area (Å²) in [6.07, 6.45) is 2.21. The van der Waals surface area contributed by atoms with Crippen LogP contribution in [-0.4, -0.2) is 5.25 Å². The molecule has 0 aliphatic heterocycles. The molecule has 1 aromatic carbocycles. The topological polar surface area (TPSA) is 26.0 Å². The van der Waals surface area contributed by atoms with Crippen LogP contribution in [0.3, 0.4) is 0 Å². The SMILES string of the molecule is CCC(C)Sc1ccc([C@H](N)CC)cc1. The summed E-state index contributed by atoms with van der Waals surface area (Å²) in [7, 11) is 0. The molecule has 2 N–H and O–H groups in total. The van der Waals surface area contributed by atoms with Crippen LogP contribution in [0.5, 0.6) is 0 Å². The van der Waals surface area contributed by atoms with Gasteiger partial charge in [0.15, 0.2) is 0 Å². The van der Waals surface area contributed by atoms with Gasteiger partial charge in [0.05, 0.1) is 0 Å². The van der Waals surface area contributed by atoms with Crippen molar-refractivity contribution in [3.05, 3.63) is 29.8 Å². The molecule has 0 bridgehead atoms. The van der Waals surface area contributed by atoms with E-state index in [1.165, 1.54) is 16.9 Å². The van der Waals surface area contributed by atoms with Crippen LogP contribution in [0.2, 0.25) is 0 Å². The highest BCUT2D eigenvalue weighted by atomic mass is 32.2. The van der Waals surface area contributed by atoms with Crippen molar-refractivity contribution in [2.24, 2.45) is 5.73 Å². The number of rotatable bonds is 5. The second kappa shape index (κ2) is 6.19. The Balaban J connectivity index is 2.64. The molecule has 1 rings (SSSR count). The maximum absolute atomic E-state index is 5.96. The fraction of sp³-hybridized carbons (Fsp3) is 0.538. The van der Waals surface area contributed by atoms with Crippen molar-refractivity contribution in [3.8, 4) is 0 Å². The van der Waals surface area contributed by atoms with Crippen molar-refractivity contribution in [2.45, 2.75) is 49.8 Å².